The van der Waals surface area contributed by atoms with Gasteiger partial charge in [-0.15, -0.1) is 0 Å². The van der Waals surface area contributed by atoms with Crippen LogP contribution < -0.4 is 10.2 Å². The van der Waals surface area contributed by atoms with Gasteiger partial charge in [-0.25, -0.2) is 4.79 Å². The number of nitrogens with one attached hydrogen (secondary N) is 2. The van der Waals surface area contributed by atoms with Gasteiger partial charge in [-0.05, 0) is 26.0 Å². The van der Waals surface area contributed by atoms with Gasteiger partial charge in [0.2, 0.25) is 0 Å². The van der Waals surface area contributed by atoms with Crippen LogP contribution in [0, 0.1) is 0 Å². The minimum Gasteiger partial charge on any atom is -0.333 e. The summed E-state index contributed by atoms with van der Waals surface area (Å²) in [5, 5.41) is 2.96. The molecule has 110 valence electrons. The number of hydrogen-bond donors (Lipinski definition) is 2. The van der Waals surface area contributed by atoms with Crippen LogP contribution in [0.1, 0.15) is 26.7 Å². The normalized spacial score (nSPS) is 18.1. The summed E-state index contributed by atoms with van der Waals surface area (Å²) < 4.78 is 0. The molecule has 2 N–H and O–H groups in total. The molecule has 4 heteroatoms. The van der Waals surface area contributed by atoms with Crippen molar-refractivity contribution in [2.45, 2.75) is 38.8 Å². The van der Waals surface area contributed by atoms with Crippen molar-refractivity contribution in [2.24, 2.45) is 0 Å². The van der Waals surface area contributed by atoms with E-state index in [2.05, 4.69) is 26.2 Å². The smallest absolute Gasteiger partial charge is 0.321 e. The minimum atomic E-state index is 0.0249. The van der Waals surface area contributed by atoms with Gasteiger partial charge in [-0.2, -0.15) is 0 Å². The summed E-state index contributed by atoms with van der Waals surface area (Å²) in [5.74, 6) is 0. The molecule has 2 amide bonds. The largest absolute Gasteiger partial charge is 0.333 e. The lowest BCUT2D eigenvalue weighted by Gasteiger charge is -2.36. The zero-order valence-electron chi connectivity index (χ0n) is 12.7. The van der Waals surface area contributed by atoms with E-state index in [1.165, 1.54) is 0 Å². The highest BCUT2D eigenvalue weighted by molar-refractivity contribution is 5.89. The molecule has 1 aliphatic heterocycles. The Morgan fingerprint density at radius 3 is 2.40 bits per heavy atom. The van der Waals surface area contributed by atoms with Crippen LogP contribution in [0.5, 0.6) is 0 Å². The summed E-state index contributed by atoms with van der Waals surface area (Å²) in [6.07, 6.45) is 2.18. The fourth-order valence-electron chi connectivity index (χ4n) is 2.73. The molecule has 1 heterocycles. The predicted octanol–water partition coefficient (Wildman–Crippen LogP) is 1.61. The number of likely N-dealkylation sites (tertiary alicyclic amines) is 1. The minimum absolute atomic E-state index is 0.0249. The fraction of sp³-hybridized carbons (Fsp3) is 0.562. The van der Waals surface area contributed by atoms with Crippen molar-refractivity contribution in [3.8, 4) is 0 Å². The van der Waals surface area contributed by atoms with E-state index in [1.54, 1.807) is 4.90 Å². The number of amides is 2. The lowest BCUT2D eigenvalue weighted by Crippen LogP contribution is -3.16. The van der Waals surface area contributed by atoms with Crippen molar-refractivity contribution in [1.29, 1.82) is 0 Å². The average molecular weight is 276 g/mol. The Balaban J connectivity index is 1.83. The van der Waals surface area contributed by atoms with Gasteiger partial charge in [0.1, 0.15) is 0 Å². The molecule has 1 saturated heterocycles. The van der Waals surface area contributed by atoms with Crippen LogP contribution in [0.3, 0.4) is 0 Å². The molecule has 1 atom stereocenters. The molecule has 1 aliphatic rings. The van der Waals surface area contributed by atoms with Gasteiger partial charge in [0, 0.05) is 31.6 Å². The molecule has 1 unspecified atom stereocenters. The number of carbonyl (C=O) groups excluding carboxylic acids is 1. The van der Waals surface area contributed by atoms with Crippen LogP contribution in [0.4, 0.5) is 10.5 Å². The van der Waals surface area contributed by atoms with E-state index in [0.717, 1.165) is 31.6 Å². The van der Waals surface area contributed by atoms with E-state index < -0.39 is 0 Å². The van der Waals surface area contributed by atoms with Gasteiger partial charge in [0.25, 0.3) is 0 Å². The van der Waals surface area contributed by atoms with E-state index >= 15 is 0 Å². The van der Waals surface area contributed by atoms with Crippen LogP contribution in [0.2, 0.25) is 0 Å². The van der Waals surface area contributed by atoms with E-state index in [4.69, 9.17) is 0 Å². The first-order valence-electron chi connectivity index (χ1n) is 7.52. The first-order valence-corrected chi connectivity index (χ1v) is 7.52. The molecule has 4 nitrogen and oxygen atoms in total. The summed E-state index contributed by atoms with van der Waals surface area (Å²) in [6.45, 7) is 6.22. The number of nitrogens with zero attached hydrogens (tertiary/aromatic N) is 1. The quantitative estimate of drug-likeness (QED) is 0.864. The molecule has 1 aromatic carbocycles. The number of piperidine rings is 1. The molecule has 2 rings (SSSR count). The van der Waals surface area contributed by atoms with Crippen molar-refractivity contribution in [1.82, 2.24) is 4.90 Å². The van der Waals surface area contributed by atoms with Crippen LogP contribution in [-0.2, 0) is 0 Å². The topological polar surface area (TPSA) is 36.8 Å². The molecule has 0 aliphatic carbocycles. The van der Waals surface area contributed by atoms with E-state index in [9.17, 15) is 4.79 Å². The summed E-state index contributed by atoms with van der Waals surface area (Å²) in [7, 11) is 2.26. The number of rotatable bonds is 3. The van der Waals surface area contributed by atoms with E-state index in [0.29, 0.717) is 12.1 Å². The Morgan fingerprint density at radius 1 is 1.25 bits per heavy atom. The van der Waals surface area contributed by atoms with Crippen molar-refractivity contribution < 1.29 is 9.69 Å². The summed E-state index contributed by atoms with van der Waals surface area (Å²) in [4.78, 5) is 15.7. The molecule has 0 saturated carbocycles. The number of anilines is 1. The second kappa shape index (κ2) is 6.75. The lowest BCUT2D eigenvalue weighted by atomic mass is 10.0. The van der Waals surface area contributed by atoms with E-state index in [1.807, 2.05) is 35.2 Å². The maximum absolute atomic E-state index is 12.2. The first kappa shape index (κ1) is 14.9. The number of urea groups is 1. The zero-order valence-corrected chi connectivity index (χ0v) is 12.7. The first-order chi connectivity index (χ1) is 9.58. The fourth-order valence-corrected chi connectivity index (χ4v) is 2.73. The molecule has 0 radical (unpaired) electrons. The maximum atomic E-state index is 12.2. The number of para-hydroxylation sites is 1. The molecule has 1 fully saturated rings. The van der Waals surface area contributed by atoms with Gasteiger partial charge in [0.15, 0.2) is 0 Å². The Bertz CT molecular complexity index is 425. The Hall–Kier alpha value is -1.55. The highest BCUT2D eigenvalue weighted by atomic mass is 16.2. The summed E-state index contributed by atoms with van der Waals surface area (Å²) in [5.41, 5.74) is 0.865. The zero-order chi connectivity index (χ0) is 14.5. The Kier molecular flexibility index (Phi) is 5.01. The average Bonchev–Trinajstić information content (AvgIpc) is 2.47. The van der Waals surface area contributed by atoms with E-state index in [-0.39, 0.29) is 6.03 Å². The third-order valence-electron chi connectivity index (χ3n) is 4.36. The van der Waals surface area contributed by atoms with Gasteiger partial charge in [0.05, 0.1) is 19.1 Å². The number of carbonyl (C=O) groups is 1. The SMILES string of the molecule is CC(C)[NH+](C)C1CCN(C(=O)Nc2ccccc2)CC1. The molecule has 0 aromatic heterocycles. The van der Waals surface area contributed by atoms with Crippen molar-refractivity contribution in [2.75, 3.05) is 25.5 Å². The number of hydrogen-bond acceptors (Lipinski definition) is 1. The summed E-state index contributed by atoms with van der Waals surface area (Å²) in [6, 6.07) is 11.0. The predicted molar refractivity (Wildman–Crippen MR) is 82.1 cm³/mol. The van der Waals surface area contributed by atoms with Gasteiger partial charge in [-0.3, -0.25) is 0 Å². The second-order valence-electron chi connectivity index (χ2n) is 5.96. The second-order valence-corrected chi connectivity index (χ2v) is 5.96. The highest BCUT2D eigenvalue weighted by Crippen LogP contribution is 2.12. The highest BCUT2D eigenvalue weighted by Gasteiger charge is 2.28. The van der Waals surface area contributed by atoms with Crippen LogP contribution in [0.15, 0.2) is 30.3 Å². The number of quaternary nitrogens is 1. The van der Waals surface area contributed by atoms with Gasteiger partial charge < -0.3 is 15.1 Å². The molecule has 1 aromatic rings. The molecular formula is C16H26N3O+. The Labute approximate surface area is 121 Å². The van der Waals surface area contributed by atoms with Crippen molar-refractivity contribution >= 4 is 11.7 Å². The van der Waals surface area contributed by atoms with Crippen molar-refractivity contribution in [3.05, 3.63) is 30.3 Å². The van der Waals surface area contributed by atoms with Gasteiger partial charge >= 0.3 is 6.03 Å². The monoisotopic (exact) mass is 276 g/mol. The van der Waals surface area contributed by atoms with Crippen LogP contribution >= 0.6 is 0 Å². The molecule has 0 spiro atoms. The standard InChI is InChI=1S/C16H25N3O/c1-13(2)18(3)15-9-11-19(12-10-15)16(20)17-14-7-5-4-6-8-14/h4-8,13,15H,9-12H2,1-3H3,(H,17,20)/p+1. The summed E-state index contributed by atoms with van der Waals surface area (Å²) >= 11 is 0. The van der Waals surface area contributed by atoms with Gasteiger partial charge in [-0.1, -0.05) is 18.2 Å². The Morgan fingerprint density at radius 2 is 1.85 bits per heavy atom. The van der Waals surface area contributed by atoms with Crippen LogP contribution in [0.25, 0.3) is 0 Å². The maximum Gasteiger partial charge on any atom is 0.321 e. The lowest BCUT2D eigenvalue weighted by molar-refractivity contribution is -0.928. The molecular weight excluding hydrogens is 250 g/mol. The molecule has 0 bridgehead atoms. The third kappa shape index (κ3) is 3.73. The van der Waals surface area contributed by atoms with Crippen molar-refractivity contribution in [3.63, 3.8) is 0 Å². The number of benzene rings is 1. The van der Waals surface area contributed by atoms with Crippen LogP contribution in [-0.4, -0.2) is 43.2 Å². The molecule has 20 heavy (non-hydrogen) atoms. The third-order valence-corrected chi connectivity index (χ3v) is 4.36.